The maximum atomic E-state index is 12.6. The van der Waals surface area contributed by atoms with Crippen LogP contribution in [0.5, 0.6) is 5.75 Å². The van der Waals surface area contributed by atoms with Crippen molar-refractivity contribution in [2.45, 2.75) is 0 Å². The van der Waals surface area contributed by atoms with Gasteiger partial charge in [0, 0.05) is 16.8 Å². The van der Waals surface area contributed by atoms with Gasteiger partial charge in [-0.05, 0) is 29.8 Å². The topological polar surface area (TPSA) is 107 Å². The number of halogens is 1. The molecule has 0 atom stereocenters. The fraction of sp³-hybridized carbons (Fsp3) is 0.0526. The lowest BCUT2D eigenvalue weighted by Crippen LogP contribution is -2.36. The third-order valence-electron chi connectivity index (χ3n) is 3.88. The number of rotatable bonds is 5. The Morgan fingerprint density at radius 3 is 2.62 bits per heavy atom. The molecule has 3 rings (SSSR count). The van der Waals surface area contributed by atoms with Gasteiger partial charge in [0.25, 0.3) is 5.91 Å². The number of phenols is 1. The van der Waals surface area contributed by atoms with Gasteiger partial charge < -0.3 is 15.5 Å². The number of carboxylic acid groups (broad SMARTS) is 1. The Kier molecular flexibility index (Phi) is 6.21. The molecule has 1 heterocycles. The van der Waals surface area contributed by atoms with E-state index in [1.807, 2.05) is 0 Å². The number of benzene rings is 2. The van der Waals surface area contributed by atoms with Crippen molar-refractivity contribution in [1.29, 1.82) is 0 Å². The molecule has 3 N–H and O–H groups in total. The lowest BCUT2D eigenvalue weighted by molar-refractivity contribution is -0.126. The molecule has 2 aromatic carbocycles. The number of carboxylic acids is 1. The van der Waals surface area contributed by atoms with Gasteiger partial charge in [0.1, 0.15) is 22.2 Å². The fourth-order valence-corrected chi connectivity index (χ4v) is 3.94. The Bertz CT molecular complexity index is 1070. The van der Waals surface area contributed by atoms with E-state index < -0.39 is 23.5 Å². The molecule has 0 aliphatic carbocycles. The first-order valence-electron chi connectivity index (χ1n) is 8.12. The Morgan fingerprint density at radius 2 is 1.97 bits per heavy atom. The number of thiocarbonyl (C=S) groups is 1. The Hall–Kier alpha value is -2.88. The third kappa shape index (κ3) is 4.76. The second-order valence-corrected chi connectivity index (χ2v) is 7.96. The van der Waals surface area contributed by atoms with Gasteiger partial charge in [-0.15, -0.1) is 0 Å². The molecule has 1 aliphatic heterocycles. The minimum atomic E-state index is -1.29. The SMILES string of the molecule is O=C(CN1C(=O)/C(=C\c2ccccc2Cl)SC1=S)Nc1ccc(C(=O)O)c(O)c1. The van der Waals surface area contributed by atoms with Gasteiger partial charge in [-0.1, -0.05) is 53.8 Å². The lowest BCUT2D eigenvalue weighted by atomic mass is 10.2. The number of nitrogens with one attached hydrogen (secondary N) is 1. The average molecular weight is 449 g/mol. The number of amides is 2. The average Bonchev–Trinajstić information content (AvgIpc) is 2.91. The second kappa shape index (κ2) is 8.64. The highest BCUT2D eigenvalue weighted by molar-refractivity contribution is 8.26. The number of anilines is 1. The largest absolute Gasteiger partial charge is 0.507 e. The zero-order chi connectivity index (χ0) is 21.1. The van der Waals surface area contributed by atoms with Crippen molar-refractivity contribution in [3.8, 4) is 5.75 Å². The molecule has 7 nitrogen and oxygen atoms in total. The monoisotopic (exact) mass is 448 g/mol. The van der Waals surface area contributed by atoms with E-state index in [1.165, 1.54) is 12.1 Å². The van der Waals surface area contributed by atoms with Crippen LogP contribution in [0.1, 0.15) is 15.9 Å². The van der Waals surface area contributed by atoms with Crippen LogP contribution in [0.4, 0.5) is 5.69 Å². The molecule has 2 amide bonds. The molecular weight excluding hydrogens is 436 g/mol. The summed E-state index contributed by atoms with van der Waals surface area (Å²) in [4.78, 5) is 37.3. The summed E-state index contributed by atoms with van der Waals surface area (Å²) in [6.45, 7) is -0.327. The standard InChI is InChI=1S/C19H13ClN2O5S2/c20-13-4-2-1-3-10(13)7-15-17(25)22(19(28)29-15)9-16(24)21-11-5-6-12(18(26)27)14(23)8-11/h1-8,23H,9H2,(H,21,24)(H,26,27)/b15-7+. The van der Waals surface area contributed by atoms with E-state index >= 15 is 0 Å². The van der Waals surface area contributed by atoms with Crippen LogP contribution in [-0.2, 0) is 9.59 Å². The molecular formula is C19H13ClN2O5S2. The summed E-state index contributed by atoms with van der Waals surface area (Å²) in [5, 5.41) is 21.6. The normalized spacial score (nSPS) is 15.1. The molecule has 0 radical (unpaired) electrons. The Morgan fingerprint density at radius 1 is 1.24 bits per heavy atom. The third-order valence-corrected chi connectivity index (χ3v) is 5.60. The molecule has 10 heteroatoms. The second-order valence-electron chi connectivity index (χ2n) is 5.87. The van der Waals surface area contributed by atoms with Crippen LogP contribution in [0.2, 0.25) is 5.02 Å². The summed E-state index contributed by atoms with van der Waals surface area (Å²) in [5.41, 5.74) is 0.562. The van der Waals surface area contributed by atoms with Crippen molar-refractivity contribution in [1.82, 2.24) is 4.90 Å². The van der Waals surface area contributed by atoms with Crippen molar-refractivity contribution >= 4 is 69.4 Å². The summed E-state index contributed by atoms with van der Waals surface area (Å²) in [6.07, 6.45) is 1.61. The first kappa shape index (κ1) is 20.8. The van der Waals surface area contributed by atoms with Gasteiger partial charge in [0.2, 0.25) is 5.91 Å². The quantitative estimate of drug-likeness (QED) is 0.474. The van der Waals surface area contributed by atoms with Gasteiger partial charge in [-0.3, -0.25) is 14.5 Å². The van der Waals surface area contributed by atoms with Gasteiger partial charge in [0.05, 0.1) is 4.91 Å². The van der Waals surface area contributed by atoms with Crippen LogP contribution in [0, 0.1) is 0 Å². The number of carbonyl (C=O) groups excluding carboxylic acids is 2. The van der Waals surface area contributed by atoms with Crippen molar-refractivity contribution < 1.29 is 24.6 Å². The first-order chi connectivity index (χ1) is 13.8. The number of nitrogens with zero attached hydrogens (tertiary/aromatic N) is 1. The van der Waals surface area contributed by atoms with Crippen LogP contribution < -0.4 is 5.32 Å². The van der Waals surface area contributed by atoms with Gasteiger partial charge in [-0.25, -0.2) is 4.79 Å². The maximum absolute atomic E-state index is 12.6. The molecule has 0 saturated carbocycles. The van der Waals surface area contributed by atoms with Crippen molar-refractivity contribution in [3.05, 3.63) is 63.5 Å². The molecule has 29 heavy (non-hydrogen) atoms. The van der Waals surface area contributed by atoms with Crippen LogP contribution in [0.15, 0.2) is 47.4 Å². The van der Waals surface area contributed by atoms with Crippen molar-refractivity contribution in [3.63, 3.8) is 0 Å². The van der Waals surface area contributed by atoms with E-state index in [0.29, 0.717) is 15.5 Å². The first-order valence-corrected chi connectivity index (χ1v) is 9.72. The molecule has 1 aliphatic rings. The molecule has 0 spiro atoms. The van der Waals surface area contributed by atoms with Gasteiger partial charge in [0.15, 0.2) is 0 Å². The zero-order valence-electron chi connectivity index (χ0n) is 14.6. The molecule has 0 unspecified atom stereocenters. The lowest BCUT2D eigenvalue weighted by Gasteiger charge is -2.14. The van der Waals surface area contributed by atoms with Crippen LogP contribution in [0.3, 0.4) is 0 Å². The summed E-state index contributed by atoms with van der Waals surface area (Å²) in [6, 6.07) is 10.6. The predicted molar refractivity (Wildman–Crippen MR) is 115 cm³/mol. The zero-order valence-corrected chi connectivity index (χ0v) is 17.0. The van der Waals surface area contributed by atoms with E-state index in [9.17, 15) is 19.5 Å². The highest BCUT2D eigenvalue weighted by Gasteiger charge is 2.33. The number of aromatic hydroxyl groups is 1. The molecule has 2 aromatic rings. The minimum Gasteiger partial charge on any atom is -0.507 e. The Labute approximate surface area is 180 Å². The number of aromatic carboxylic acids is 1. The highest BCUT2D eigenvalue weighted by atomic mass is 35.5. The Balaban J connectivity index is 1.70. The van der Waals surface area contributed by atoms with Crippen molar-refractivity contribution in [2.75, 3.05) is 11.9 Å². The van der Waals surface area contributed by atoms with Gasteiger partial charge in [-0.2, -0.15) is 0 Å². The van der Waals surface area contributed by atoms with E-state index in [4.69, 9.17) is 28.9 Å². The predicted octanol–water partition coefficient (Wildman–Crippen LogP) is 3.58. The summed E-state index contributed by atoms with van der Waals surface area (Å²) in [5.74, 6) is -2.74. The summed E-state index contributed by atoms with van der Waals surface area (Å²) < 4.78 is 0.229. The van der Waals surface area contributed by atoms with E-state index in [-0.39, 0.29) is 22.1 Å². The molecule has 0 aromatic heterocycles. The smallest absolute Gasteiger partial charge is 0.339 e. The molecule has 148 valence electrons. The van der Waals surface area contributed by atoms with Crippen LogP contribution in [0.25, 0.3) is 6.08 Å². The van der Waals surface area contributed by atoms with Crippen LogP contribution >= 0.6 is 35.6 Å². The van der Waals surface area contributed by atoms with Gasteiger partial charge >= 0.3 is 5.97 Å². The summed E-state index contributed by atoms with van der Waals surface area (Å²) in [7, 11) is 0. The molecule has 1 saturated heterocycles. The fourth-order valence-electron chi connectivity index (χ4n) is 2.50. The van der Waals surface area contributed by atoms with E-state index in [2.05, 4.69) is 5.32 Å². The summed E-state index contributed by atoms with van der Waals surface area (Å²) >= 11 is 12.4. The van der Waals surface area contributed by atoms with Crippen LogP contribution in [-0.4, -0.2) is 43.8 Å². The minimum absolute atomic E-state index is 0.189. The number of hydrogen-bond acceptors (Lipinski definition) is 6. The van der Waals surface area contributed by atoms with Crippen molar-refractivity contribution in [2.24, 2.45) is 0 Å². The number of hydrogen-bond donors (Lipinski definition) is 3. The van der Waals surface area contributed by atoms with E-state index in [0.717, 1.165) is 22.7 Å². The van der Waals surface area contributed by atoms with E-state index in [1.54, 1.807) is 30.3 Å². The molecule has 1 fully saturated rings. The molecule has 0 bridgehead atoms. The number of carbonyl (C=O) groups is 3. The maximum Gasteiger partial charge on any atom is 0.339 e. The number of thioether (sulfide) groups is 1. The highest BCUT2D eigenvalue weighted by Crippen LogP contribution is 2.33.